The number of piperazine rings is 1. The van der Waals surface area contributed by atoms with Crippen LogP contribution in [0.4, 0.5) is 5.69 Å². The van der Waals surface area contributed by atoms with Gasteiger partial charge >= 0.3 is 0 Å². The van der Waals surface area contributed by atoms with Crippen molar-refractivity contribution in [3.8, 4) is 0 Å². The molecule has 0 radical (unpaired) electrons. The molecule has 148 valence electrons. The Balaban J connectivity index is 1.61. The highest BCUT2D eigenvalue weighted by Crippen LogP contribution is 2.25. The van der Waals surface area contributed by atoms with E-state index in [9.17, 15) is 18.5 Å². The summed E-state index contributed by atoms with van der Waals surface area (Å²) in [5, 5.41) is 11.1. The Morgan fingerprint density at radius 1 is 1.07 bits per heavy atom. The molecule has 1 aliphatic rings. The van der Waals surface area contributed by atoms with E-state index in [1.54, 1.807) is 6.92 Å². The Hall–Kier alpha value is -2.55. The lowest BCUT2D eigenvalue weighted by Crippen LogP contribution is -2.48. The molecule has 0 aliphatic carbocycles. The zero-order chi connectivity index (χ0) is 20.1. The molecule has 7 nitrogen and oxygen atoms in total. The monoisotopic (exact) mass is 401 g/mol. The molecule has 8 heteroatoms. The third kappa shape index (κ3) is 4.64. The Morgan fingerprint density at radius 2 is 1.75 bits per heavy atom. The molecule has 2 aromatic rings. The van der Waals surface area contributed by atoms with Crippen LogP contribution in [-0.4, -0.2) is 55.3 Å². The van der Waals surface area contributed by atoms with Gasteiger partial charge in [0.2, 0.25) is 10.0 Å². The highest BCUT2D eigenvalue weighted by Gasteiger charge is 2.29. The maximum atomic E-state index is 12.8. The van der Waals surface area contributed by atoms with Gasteiger partial charge < -0.3 is 0 Å². The Morgan fingerprint density at radius 3 is 2.39 bits per heavy atom. The van der Waals surface area contributed by atoms with Crippen LogP contribution in [0.25, 0.3) is 6.08 Å². The number of nitro groups is 1. The summed E-state index contributed by atoms with van der Waals surface area (Å²) in [5.74, 6) is 0. The number of aryl methyl sites for hydroxylation is 1. The first kappa shape index (κ1) is 20.2. The molecule has 1 heterocycles. The molecule has 2 aromatic carbocycles. The van der Waals surface area contributed by atoms with Gasteiger partial charge in [0.25, 0.3) is 5.69 Å². The number of nitrogens with zero attached hydrogens (tertiary/aromatic N) is 3. The first-order valence-corrected chi connectivity index (χ1v) is 10.5. The van der Waals surface area contributed by atoms with E-state index in [1.807, 2.05) is 30.3 Å². The van der Waals surface area contributed by atoms with Crippen molar-refractivity contribution in [1.82, 2.24) is 9.21 Å². The number of hydrogen-bond acceptors (Lipinski definition) is 5. The zero-order valence-corrected chi connectivity index (χ0v) is 16.5. The summed E-state index contributed by atoms with van der Waals surface area (Å²) in [7, 11) is -3.74. The van der Waals surface area contributed by atoms with Gasteiger partial charge in [-0.25, -0.2) is 8.42 Å². The molecule has 0 saturated carbocycles. The van der Waals surface area contributed by atoms with E-state index in [4.69, 9.17) is 0 Å². The molecule has 1 fully saturated rings. The van der Waals surface area contributed by atoms with Gasteiger partial charge in [0.15, 0.2) is 0 Å². The fraction of sp³-hybridized carbons (Fsp3) is 0.300. The van der Waals surface area contributed by atoms with Gasteiger partial charge in [-0.15, -0.1) is 0 Å². The molecule has 28 heavy (non-hydrogen) atoms. The highest BCUT2D eigenvalue weighted by atomic mass is 32.2. The minimum Gasteiger partial charge on any atom is -0.297 e. The number of sulfonamides is 1. The van der Waals surface area contributed by atoms with Crippen molar-refractivity contribution in [3.63, 3.8) is 0 Å². The topological polar surface area (TPSA) is 83.8 Å². The maximum absolute atomic E-state index is 12.8. The second-order valence-electron chi connectivity index (χ2n) is 6.72. The van der Waals surface area contributed by atoms with Crippen LogP contribution in [-0.2, 0) is 10.0 Å². The predicted molar refractivity (Wildman–Crippen MR) is 109 cm³/mol. The fourth-order valence-electron chi connectivity index (χ4n) is 3.15. The summed E-state index contributed by atoms with van der Waals surface area (Å²) in [6, 6.07) is 14.1. The minimum absolute atomic E-state index is 0.0257. The molecule has 3 rings (SSSR count). The summed E-state index contributed by atoms with van der Waals surface area (Å²) in [5.41, 5.74) is 1.40. The van der Waals surface area contributed by atoms with Crippen molar-refractivity contribution in [2.24, 2.45) is 0 Å². The van der Waals surface area contributed by atoms with Gasteiger partial charge in [0.1, 0.15) is 0 Å². The van der Waals surface area contributed by atoms with E-state index in [1.165, 1.54) is 16.4 Å². The summed E-state index contributed by atoms with van der Waals surface area (Å²) in [6.45, 7) is 4.31. The van der Waals surface area contributed by atoms with Crippen molar-refractivity contribution in [2.75, 3.05) is 32.7 Å². The van der Waals surface area contributed by atoms with Crippen LogP contribution in [0.5, 0.6) is 0 Å². The van der Waals surface area contributed by atoms with Gasteiger partial charge in [-0.3, -0.25) is 15.0 Å². The number of hydrogen-bond donors (Lipinski definition) is 0. The van der Waals surface area contributed by atoms with Crippen LogP contribution in [0, 0.1) is 17.0 Å². The molecule has 0 aromatic heterocycles. The average molecular weight is 401 g/mol. The molecule has 0 spiro atoms. The van der Waals surface area contributed by atoms with Crippen LogP contribution in [0.3, 0.4) is 0 Å². The number of benzene rings is 2. The fourth-order valence-corrected chi connectivity index (χ4v) is 4.59. The van der Waals surface area contributed by atoms with E-state index in [2.05, 4.69) is 17.1 Å². The summed E-state index contributed by atoms with van der Waals surface area (Å²) < 4.78 is 27.1. The summed E-state index contributed by atoms with van der Waals surface area (Å²) in [6.07, 6.45) is 4.12. The summed E-state index contributed by atoms with van der Waals surface area (Å²) in [4.78, 5) is 12.7. The molecule has 0 amide bonds. The van der Waals surface area contributed by atoms with E-state index in [0.29, 0.717) is 31.7 Å². The quantitative estimate of drug-likeness (QED) is 0.549. The third-order valence-electron chi connectivity index (χ3n) is 4.82. The summed E-state index contributed by atoms with van der Waals surface area (Å²) >= 11 is 0. The Bertz CT molecular complexity index is 966. The molecule has 0 N–H and O–H groups in total. The standard InChI is InChI=1S/C20H23N3O4S/c1-17-9-10-19(16-20(17)23(24)25)28(26,27)22-14-12-21(13-15-22)11-5-8-18-6-3-2-4-7-18/h2-10,16H,11-15H2,1H3. The molecule has 1 aliphatic heterocycles. The predicted octanol–water partition coefficient (Wildman–Crippen LogP) is 2.92. The first-order chi connectivity index (χ1) is 13.4. The van der Waals surface area contributed by atoms with Crippen molar-refractivity contribution in [1.29, 1.82) is 0 Å². The van der Waals surface area contributed by atoms with E-state index >= 15 is 0 Å². The molecule has 0 atom stereocenters. The molecule has 0 unspecified atom stereocenters. The van der Waals surface area contributed by atoms with Gasteiger partial charge in [-0.1, -0.05) is 48.6 Å². The normalized spacial score (nSPS) is 16.5. The Labute approximate surface area is 165 Å². The smallest absolute Gasteiger partial charge is 0.273 e. The lowest BCUT2D eigenvalue weighted by Gasteiger charge is -2.33. The second-order valence-corrected chi connectivity index (χ2v) is 8.66. The second kappa shape index (κ2) is 8.64. The molecular weight excluding hydrogens is 378 g/mol. The van der Waals surface area contributed by atoms with Crippen LogP contribution in [0.1, 0.15) is 11.1 Å². The lowest BCUT2D eigenvalue weighted by molar-refractivity contribution is -0.385. The van der Waals surface area contributed by atoms with Crippen molar-refractivity contribution >= 4 is 21.8 Å². The van der Waals surface area contributed by atoms with Gasteiger partial charge in [0, 0.05) is 44.4 Å². The van der Waals surface area contributed by atoms with E-state index in [-0.39, 0.29) is 10.6 Å². The third-order valence-corrected chi connectivity index (χ3v) is 6.71. The van der Waals surface area contributed by atoms with Crippen LogP contribution in [0.15, 0.2) is 59.5 Å². The maximum Gasteiger partial charge on any atom is 0.273 e. The average Bonchev–Trinajstić information content (AvgIpc) is 2.69. The van der Waals surface area contributed by atoms with Crippen LogP contribution >= 0.6 is 0 Å². The molecule has 1 saturated heterocycles. The number of rotatable bonds is 6. The largest absolute Gasteiger partial charge is 0.297 e. The van der Waals surface area contributed by atoms with Crippen molar-refractivity contribution in [3.05, 3.63) is 75.8 Å². The molecular formula is C20H23N3O4S. The van der Waals surface area contributed by atoms with Gasteiger partial charge in [0.05, 0.1) is 9.82 Å². The van der Waals surface area contributed by atoms with E-state index < -0.39 is 14.9 Å². The molecule has 0 bridgehead atoms. The minimum atomic E-state index is -3.74. The first-order valence-electron chi connectivity index (χ1n) is 9.07. The van der Waals surface area contributed by atoms with Gasteiger partial charge in [-0.2, -0.15) is 4.31 Å². The van der Waals surface area contributed by atoms with Crippen molar-refractivity contribution in [2.45, 2.75) is 11.8 Å². The van der Waals surface area contributed by atoms with E-state index in [0.717, 1.165) is 18.2 Å². The van der Waals surface area contributed by atoms with Crippen LogP contribution < -0.4 is 0 Å². The zero-order valence-electron chi connectivity index (χ0n) is 15.7. The van der Waals surface area contributed by atoms with Crippen LogP contribution in [0.2, 0.25) is 0 Å². The Kier molecular flexibility index (Phi) is 6.23. The highest BCUT2D eigenvalue weighted by molar-refractivity contribution is 7.89. The lowest BCUT2D eigenvalue weighted by atomic mass is 10.2. The number of nitro benzene ring substituents is 1. The SMILES string of the molecule is Cc1ccc(S(=O)(=O)N2CCN(CC=Cc3ccccc3)CC2)cc1[N+](=O)[O-]. The van der Waals surface area contributed by atoms with Crippen molar-refractivity contribution < 1.29 is 13.3 Å². The van der Waals surface area contributed by atoms with Gasteiger partial charge in [-0.05, 0) is 18.6 Å².